The third-order valence-electron chi connectivity index (χ3n) is 3.90. The molecule has 0 saturated carbocycles. The number of halogens is 4. The molecule has 2 rings (SSSR count). The third kappa shape index (κ3) is 6.71. The summed E-state index contributed by atoms with van der Waals surface area (Å²) in [5, 5.41) is 2.98. The normalized spacial score (nSPS) is 25.1. The number of sulfonamides is 1. The first-order chi connectivity index (χ1) is 10.3. The summed E-state index contributed by atoms with van der Waals surface area (Å²) in [6.45, 7) is 1.28. The summed E-state index contributed by atoms with van der Waals surface area (Å²) >= 11 is 0. The Morgan fingerprint density at radius 2 is 1.96 bits per heavy atom. The Bertz CT molecular complexity index is 452. The number of alkyl halides is 3. The summed E-state index contributed by atoms with van der Waals surface area (Å²) in [7, 11) is -3.78. The van der Waals surface area contributed by atoms with Crippen LogP contribution in [-0.4, -0.2) is 76.7 Å². The largest absolute Gasteiger partial charge is 0.405 e. The van der Waals surface area contributed by atoms with Gasteiger partial charge in [0.1, 0.15) is 6.04 Å². The van der Waals surface area contributed by atoms with Gasteiger partial charge in [0.25, 0.3) is 0 Å². The van der Waals surface area contributed by atoms with E-state index in [0.717, 1.165) is 6.42 Å². The number of hydrogen-bond donors (Lipinski definition) is 2. The van der Waals surface area contributed by atoms with Crippen molar-refractivity contribution in [1.82, 2.24) is 14.9 Å². The summed E-state index contributed by atoms with van der Waals surface area (Å²) in [6.07, 6.45) is -3.47. The molecule has 2 fully saturated rings. The minimum absolute atomic E-state index is 0. The van der Waals surface area contributed by atoms with Gasteiger partial charge < -0.3 is 10.1 Å². The molecular weight excluding hydrogens is 359 g/mol. The molecule has 0 bridgehead atoms. The SMILES string of the molecule is Cl.O=S(=O)(CC1CCCO1)NCC(N1CCNCC1)C(F)(F)F. The average Bonchev–Trinajstić information content (AvgIpc) is 2.90. The van der Waals surface area contributed by atoms with Crippen LogP contribution in [0.2, 0.25) is 0 Å². The van der Waals surface area contributed by atoms with Gasteiger partial charge in [0.2, 0.25) is 10.0 Å². The molecule has 2 unspecified atom stereocenters. The van der Waals surface area contributed by atoms with Crippen LogP contribution < -0.4 is 10.0 Å². The molecule has 138 valence electrons. The number of hydrogen-bond acceptors (Lipinski definition) is 5. The number of nitrogens with zero attached hydrogens (tertiary/aromatic N) is 1. The lowest BCUT2D eigenvalue weighted by Gasteiger charge is -2.35. The van der Waals surface area contributed by atoms with E-state index in [1.807, 2.05) is 0 Å². The fourth-order valence-electron chi connectivity index (χ4n) is 2.73. The lowest BCUT2D eigenvalue weighted by molar-refractivity contribution is -0.182. The second-order valence-electron chi connectivity index (χ2n) is 5.61. The Kier molecular flexibility index (Phi) is 8.02. The van der Waals surface area contributed by atoms with Gasteiger partial charge >= 0.3 is 6.18 Å². The van der Waals surface area contributed by atoms with Gasteiger partial charge in [-0.1, -0.05) is 0 Å². The monoisotopic (exact) mass is 381 g/mol. The Morgan fingerprint density at radius 1 is 1.30 bits per heavy atom. The molecule has 2 N–H and O–H groups in total. The van der Waals surface area contributed by atoms with Crippen molar-refractivity contribution in [3.05, 3.63) is 0 Å². The van der Waals surface area contributed by atoms with E-state index >= 15 is 0 Å². The van der Waals surface area contributed by atoms with E-state index in [1.54, 1.807) is 0 Å². The predicted octanol–water partition coefficient (Wildman–Crippen LogP) is 0.343. The van der Waals surface area contributed by atoms with Gasteiger partial charge in [0, 0.05) is 39.3 Å². The van der Waals surface area contributed by atoms with Crippen molar-refractivity contribution >= 4 is 22.4 Å². The standard InChI is InChI=1S/C12H22F3N3O3S.ClH/c13-12(14,15)11(18-5-3-16-4-6-18)8-17-22(19,20)9-10-2-1-7-21-10;/h10-11,16-17H,1-9H2;1H. The van der Waals surface area contributed by atoms with Gasteiger partial charge in [-0.2, -0.15) is 13.2 Å². The number of nitrogens with one attached hydrogen (secondary N) is 2. The van der Waals surface area contributed by atoms with E-state index < -0.39 is 34.9 Å². The van der Waals surface area contributed by atoms with Gasteiger partial charge in [0.05, 0.1) is 11.9 Å². The van der Waals surface area contributed by atoms with Crippen LogP contribution in [0.4, 0.5) is 13.2 Å². The lowest BCUT2D eigenvalue weighted by atomic mass is 10.2. The van der Waals surface area contributed by atoms with Crippen LogP contribution in [-0.2, 0) is 14.8 Å². The summed E-state index contributed by atoms with van der Waals surface area (Å²) in [4.78, 5) is 1.27. The Hall–Kier alpha value is -0.130. The van der Waals surface area contributed by atoms with Crippen molar-refractivity contribution in [3.63, 3.8) is 0 Å². The van der Waals surface area contributed by atoms with Crippen LogP contribution in [0.1, 0.15) is 12.8 Å². The van der Waals surface area contributed by atoms with Gasteiger partial charge in [-0.3, -0.25) is 4.90 Å². The summed E-state index contributed by atoms with van der Waals surface area (Å²) in [5.74, 6) is -0.279. The topological polar surface area (TPSA) is 70.7 Å². The van der Waals surface area contributed by atoms with E-state index in [-0.39, 0.29) is 31.2 Å². The van der Waals surface area contributed by atoms with Gasteiger partial charge in [0.15, 0.2) is 0 Å². The minimum atomic E-state index is -4.47. The van der Waals surface area contributed by atoms with E-state index in [0.29, 0.717) is 26.1 Å². The van der Waals surface area contributed by atoms with E-state index in [2.05, 4.69) is 10.0 Å². The zero-order chi connectivity index (χ0) is 16.2. The summed E-state index contributed by atoms with van der Waals surface area (Å²) in [5.41, 5.74) is 0. The second-order valence-corrected chi connectivity index (χ2v) is 7.46. The second kappa shape index (κ2) is 8.82. The van der Waals surface area contributed by atoms with Gasteiger partial charge in [-0.15, -0.1) is 12.4 Å². The highest BCUT2D eigenvalue weighted by Crippen LogP contribution is 2.25. The molecule has 6 nitrogen and oxygen atoms in total. The zero-order valence-electron chi connectivity index (χ0n) is 12.6. The maximum atomic E-state index is 13.2. The van der Waals surface area contributed by atoms with Gasteiger partial charge in [-0.25, -0.2) is 13.1 Å². The van der Waals surface area contributed by atoms with E-state index in [4.69, 9.17) is 4.74 Å². The molecule has 11 heteroatoms. The molecule has 2 atom stereocenters. The van der Waals surface area contributed by atoms with Crippen LogP contribution in [0.15, 0.2) is 0 Å². The number of piperazine rings is 1. The molecule has 2 aliphatic rings. The predicted molar refractivity (Wildman–Crippen MR) is 82.3 cm³/mol. The van der Waals surface area contributed by atoms with Crippen LogP contribution in [0.5, 0.6) is 0 Å². The number of rotatable bonds is 6. The quantitative estimate of drug-likeness (QED) is 0.694. The molecule has 23 heavy (non-hydrogen) atoms. The molecule has 0 aliphatic carbocycles. The highest BCUT2D eigenvalue weighted by molar-refractivity contribution is 7.89. The molecule has 0 aromatic rings. The zero-order valence-corrected chi connectivity index (χ0v) is 14.3. The molecule has 0 aromatic heterocycles. The third-order valence-corrected chi connectivity index (χ3v) is 5.31. The highest BCUT2D eigenvalue weighted by Gasteiger charge is 2.44. The van der Waals surface area contributed by atoms with Crippen molar-refractivity contribution in [2.45, 2.75) is 31.2 Å². The Balaban J connectivity index is 0.00000264. The summed E-state index contributed by atoms with van der Waals surface area (Å²) < 4.78 is 70.6. The Morgan fingerprint density at radius 3 is 2.48 bits per heavy atom. The number of ether oxygens (including phenoxy) is 1. The first kappa shape index (κ1) is 20.9. The molecule has 2 heterocycles. The lowest BCUT2D eigenvalue weighted by Crippen LogP contribution is -2.57. The van der Waals surface area contributed by atoms with Crippen molar-refractivity contribution < 1.29 is 26.3 Å². The maximum Gasteiger partial charge on any atom is 0.405 e. The molecule has 0 spiro atoms. The molecular formula is C12H23ClF3N3O3S. The van der Waals surface area contributed by atoms with Crippen molar-refractivity contribution in [2.24, 2.45) is 0 Å². The van der Waals surface area contributed by atoms with Crippen molar-refractivity contribution in [2.75, 3.05) is 45.1 Å². The van der Waals surface area contributed by atoms with Crippen LogP contribution in [0, 0.1) is 0 Å². The van der Waals surface area contributed by atoms with Crippen LogP contribution in [0.25, 0.3) is 0 Å². The molecule has 0 aromatic carbocycles. The fourth-order valence-corrected chi connectivity index (χ4v) is 4.01. The summed E-state index contributed by atoms with van der Waals surface area (Å²) in [6, 6.07) is -1.80. The fraction of sp³-hybridized carbons (Fsp3) is 1.00. The van der Waals surface area contributed by atoms with Gasteiger partial charge in [-0.05, 0) is 12.8 Å². The molecule has 2 saturated heterocycles. The first-order valence-electron chi connectivity index (χ1n) is 7.38. The first-order valence-corrected chi connectivity index (χ1v) is 9.03. The van der Waals surface area contributed by atoms with E-state index in [9.17, 15) is 21.6 Å². The Labute approximate surface area is 140 Å². The van der Waals surface area contributed by atoms with Crippen molar-refractivity contribution in [1.29, 1.82) is 0 Å². The highest BCUT2D eigenvalue weighted by atomic mass is 35.5. The molecule has 0 amide bonds. The van der Waals surface area contributed by atoms with E-state index in [1.165, 1.54) is 4.90 Å². The average molecular weight is 382 g/mol. The maximum absolute atomic E-state index is 13.2. The minimum Gasteiger partial charge on any atom is -0.377 e. The molecule has 2 aliphatic heterocycles. The molecule has 0 radical (unpaired) electrons. The van der Waals surface area contributed by atoms with Crippen LogP contribution >= 0.6 is 12.4 Å². The van der Waals surface area contributed by atoms with Crippen molar-refractivity contribution in [3.8, 4) is 0 Å². The smallest absolute Gasteiger partial charge is 0.377 e. The van der Waals surface area contributed by atoms with Crippen LogP contribution in [0.3, 0.4) is 0 Å².